The van der Waals surface area contributed by atoms with Gasteiger partial charge in [0.05, 0.1) is 4.90 Å². The highest BCUT2D eigenvalue weighted by Gasteiger charge is 2.29. The molecule has 0 radical (unpaired) electrons. The molecule has 0 bridgehead atoms. The van der Waals surface area contributed by atoms with Crippen LogP contribution in [0.2, 0.25) is 4.34 Å². The van der Waals surface area contributed by atoms with Crippen molar-refractivity contribution in [3.63, 3.8) is 0 Å². The Labute approximate surface area is 156 Å². The first kappa shape index (κ1) is 17.4. The third-order valence-electron chi connectivity index (χ3n) is 4.92. The molecule has 1 saturated heterocycles. The number of hydrogen-bond donors (Lipinski definition) is 0. The van der Waals surface area contributed by atoms with Crippen LogP contribution in [-0.2, 0) is 29.4 Å². The lowest BCUT2D eigenvalue weighted by atomic mass is 10.1. The number of fused-ring (bicyclic) bond motifs is 1. The van der Waals surface area contributed by atoms with E-state index in [9.17, 15) is 8.42 Å². The van der Waals surface area contributed by atoms with Crippen molar-refractivity contribution in [2.24, 2.45) is 0 Å². The van der Waals surface area contributed by atoms with Gasteiger partial charge in [-0.15, -0.1) is 5.10 Å². The molecule has 1 aromatic heterocycles. The van der Waals surface area contributed by atoms with Crippen LogP contribution in [0.25, 0.3) is 0 Å². The second kappa shape index (κ2) is 6.92. The first-order valence-corrected chi connectivity index (χ1v) is 10.9. The van der Waals surface area contributed by atoms with Crippen LogP contribution in [0, 0.1) is 0 Å². The average molecular weight is 399 g/mol. The fraction of sp³-hybridized carbons (Fsp3) is 0.500. The average Bonchev–Trinajstić information content (AvgIpc) is 3.24. The van der Waals surface area contributed by atoms with E-state index in [0.29, 0.717) is 42.0 Å². The Morgan fingerprint density at radius 2 is 1.88 bits per heavy atom. The number of halogens is 1. The first-order chi connectivity index (χ1) is 12.0. The van der Waals surface area contributed by atoms with E-state index in [2.05, 4.69) is 14.5 Å². The molecular formula is C16H19ClN4O2S2. The summed E-state index contributed by atoms with van der Waals surface area (Å²) in [5.74, 6) is 0. The van der Waals surface area contributed by atoms with Crippen molar-refractivity contribution in [2.75, 3.05) is 26.2 Å². The van der Waals surface area contributed by atoms with Gasteiger partial charge in [0.15, 0.2) is 0 Å². The normalized spacial score (nSPS) is 19.2. The van der Waals surface area contributed by atoms with Crippen LogP contribution in [0.4, 0.5) is 0 Å². The lowest BCUT2D eigenvalue weighted by molar-refractivity contribution is 0.180. The van der Waals surface area contributed by atoms with Crippen LogP contribution >= 0.6 is 23.1 Å². The minimum absolute atomic E-state index is 0.424. The Morgan fingerprint density at radius 3 is 2.60 bits per heavy atom. The van der Waals surface area contributed by atoms with Gasteiger partial charge in [-0.2, -0.15) is 4.31 Å². The smallest absolute Gasteiger partial charge is 0.243 e. The van der Waals surface area contributed by atoms with E-state index in [1.165, 1.54) is 22.7 Å². The number of piperazine rings is 1. The van der Waals surface area contributed by atoms with Gasteiger partial charge in [-0.1, -0.05) is 22.2 Å². The Morgan fingerprint density at radius 1 is 1.12 bits per heavy atom. The molecule has 1 aromatic carbocycles. The third kappa shape index (κ3) is 3.46. The minimum Gasteiger partial charge on any atom is -0.295 e. The fourth-order valence-electron chi connectivity index (χ4n) is 3.49. The second-order valence-electron chi connectivity index (χ2n) is 6.46. The lowest BCUT2D eigenvalue weighted by Crippen LogP contribution is -2.48. The van der Waals surface area contributed by atoms with E-state index in [1.54, 1.807) is 10.4 Å². The van der Waals surface area contributed by atoms with Gasteiger partial charge in [0.1, 0.15) is 10.0 Å². The highest BCUT2D eigenvalue weighted by Crippen LogP contribution is 2.27. The molecule has 25 heavy (non-hydrogen) atoms. The zero-order valence-corrected chi connectivity index (χ0v) is 16.1. The number of aromatic nitrogens is 2. The van der Waals surface area contributed by atoms with E-state index >= 15 is 0 Å². The molecule has 6 nitrogen and oxygen atoms in total. The summed E-state index contributed by atoms with van der Waals surface area (Å²) in [6.07, 6.45) is 3.16. The van der Waals surface area contributed by atoms with Crippen molar-refractivity contribution < 1.29 is 8.42 Å². The van der Waals surface area contributed by atoms with Crippen LogP contribution in [0.1, 0.15) is 23.2 Å². The van der Waals surface area contributed by atoms with E-state index in [4.69, 9.17) is 11.6 Å². The van der Waals surface area contributed by atoms with Gasteiger partial charge in [-0.3, -0.25) is 4.90 Å². The molecule has 2 heterocycles. The van der Waals surface area contributed by atoms with Crippen molar-refractivity contribution in [3.05, 3.63) is 39.4 Å². The summed E-state index contributed by atoms with van der Waals surface area (Å²) >= 11 is 7.22. The number of benzene rings is 1. The molecular weight excluding hydrogens is 380 g/mol. The maximum Gasteiger partial charge on any atom is 0.243 e. The second-order valence-corrected chi connectivity index (χ2v) is 9.75. The van der Waals surface area contributed by atoms with Crippen molar-refractivity contribution in [3.8, 4) is 0 Å². The molecule has 2 aromatic rings. The fourth-order valence-corrected chi connectivity index (χ4v) is 5.57. The molecule has 1 fully saturated rings. The Kier molecular flexibility index (Phi) is 4.81. The number of sulfonamides is 1. The Bertz CT molecular complexity index is 876. The summed E-state index contributed by atoms with van der Waals surface area (Å²) in [4.78, 5) is 2.59. The summed E-state index contributed by atoms with van der Waals surface area (Å²) in [6.45, 7) is 2.90. The van der Waals surface area contributed by atoms with Gasteiger partial charge in [0.2, 0.25) is 10.0 Å². The number of nitrogens with zero attached hydrogens (tertiary/aromatic N) is 4. The zero-order chi connectivity index (χ0) is 17.4. The molecule has 1 aliphatic carbocycles. The van der Waals surface area contributed by atoms with Crippen molar-refractivity contribution in [1.29, 1.82) is 0 Å². The molecule has 0 unspecified atom stereocenters. The Hall–Kier alpha value is -1.06. The van der Waals surface area contributed by atoms with E-state index in [0.717, 1.165) is 25.0 Å². The largest absolute Gasteiger partial charge is 0.295 e. The van der Waals surface area contributed by atoms with Crippen molar-refractivity contribution in [1.82, 2.24) is 18.8 Å². The number of hydrogen-bond acceptors (Lipinski definition) is 6. The number of aryl methyl sites for hydroxylation is 2. The summed E-state index contributed by atoms with van der Waals surface area (Å²) < 4.78 is 31.9. The number of rotatable bonds is 4. The molecule has 2 aliphatic rings. The minimum atomic E-state index is -3.42. The Balaban J connectivity index is 1.43. The maximum absolute atomic E-state index is 12.9. The highest BCUT2D eigenvalue weighted by molar-refractivity contribution is 7.89. The van der Waals surface area contributed by atoms with E-state index < -0.39 is 10.0 Å². The van der Waals surface area contributed by atoms with Crippen LogP contribution in [-0.4, -0.2) is 53.4 Å². The van der Waals surface area contributed by atoms with Gasteiger partial charge in [-0.25, -0.2) is 8.42 Å². The van der Waals surface area contributed by atoms with Crippen LogP contribution < -0.4 is 0 Å². The molecule has 0 N–H and O–H groups in total. The lowest BCUT2D eigenvalue weighted by Gasteiger charge is -2.33. The summed E-state index contributed by atoms with van der Waals surface area (Å²) in [7, 11) is -3.42. The highest BCUT2D eigenvalue weighted by atomic mass is 35.5. The van der Waals surface area contributed by atoms with E-state index in [-0.39, 0.29) is 0 Å². The predicted octanol–water partition coefficient (Wildman–Crippen LogP) is 2.19. The van der Waals surface area contributed by atoms with Crippen molar-refractivity contribution in [2.45, 2.75) is 30.7 Å². The molecule has 1 aliphatic heterocycles. The molecule has 134 valence electrons. The van der Waals surface area contributed by atoms with Gasteiger partial charge in [0.25, 0.3) is 0 Å². The van der Waals surface area contributed by atoms with E-state index in [1.807, 2.05) is 12.1 Å². The SMILES string of the molecule is O=S(=O)(c1ccc2c(c1)CCC2)N1CCN(Cc2nnsc2Cl)CC1. The molecule has 0 spiro atoms. The first-order valence-electron chi connectivity index (χ1n) is 8.35. The van der Waals surface area contributed by atoms with Crippen molar-refractivity contribution >= 4 is 33.2 Å². The zero-order valence-electron chi connectivity index (χ0n) is 13.7. The maximum atomic E-state index is 12.9. The standard InChI is InChI=1S/C16H19ClN4O2S2/c17-16-15(18-19-24-16)11-20-6-8-21(9-7-20)25(22,23)14-5-4-12-2-1-3-13(12)10-14/h4-5,10H,1-3,6-9,11H2. The summed E-state index contributed by atoms with van der Waals surface area (Å²) in [5.41, 5.74) is 3.24. The topological polar surface area (TPSA) is 66.4 Å². The molecule has 0 atom stereocenters. The van der Waals surface area contributed by atoms with Gasteiger partial charge in [-0.05, 0) is 42.5 Å². The molecule has 0 amide bonds. The molecule has 0 saturated carbocycles. The van der Waals surface area contributed by atoms with Crippen LogP contribution in [0.3, 0.4) is 0 Å². The third-order valence-corrected chi connectivity index (χ3v) is 7.80. The molecule has 4 rings (SSSR count). The van der Waals surface area contributed by atoms with Gasteiger partial charge in [0, 0.05) is 44.3 Å². The summed E-state index contributed by atoms with van der Waals surface area (Å²) in [6, 6.07) is 5.60. The van der Waals surface area contributed by atoms with Gasteiger partial charge < -0.3 is 0 Å². The van der Waals surface area contributed by atoms with Gasteiger partial charge >= 0.3 is 0 Å². The van der Waals surface area contributed by atoms with Crippen LogP contribution in [0.5, 0.6) is 0 Å². The quantitative estimate of drug-likeness (QED) is 0.789. The summed E-state index contributed by atoms with van der Waals surface area (Å²) in [5, 5.41) is 4.02. The predicted molar refractivity (Wildman–Crippen MR) is 97.4 cm³/mol. The monoisotopic (exact) mass is 398 g/mol. The van der Waals surface area contributed by atoms with Crippen LogP contribution in [0.15, 0.2) is 23.1 Å². The molecule has 9 heteroatoms.